The monoisotopic (exact) mass is 366 g/mol. The Kier molecular flexibility index (Phi) is 5.51. The van der Waals surface area contributed by atoms with E-state index in [2.05, 4.69) is 0 Å². The van der Waals surface area contributed by atoms with E-state index in [1.54, 1.807) is 19.1 Å². The summed E-state index contributed by atoms with van der Waals surface area (Å²) < 4.78 is 7.35. The summed E-state index contributed by atoms with van der Waals surface area (Å²) in [6.45, 7) is 2.42. The number of ether oxygens (including phenoxy) is 1. The largest absolute Gasteiger partial charge is 0.497 e. The van der Waals surface area contributed by atoms with E-state index in [0.29, 0.717) is 18.5 Å². The van der Waals surface area contributed by atoms with Crippen molar-refractivity contribution >= 4 is 16.8 Å². The SMILES string of the molecule is COc1ccc2c(c1)c(C(=O)N(C)CC[C@@H](O)c1ccccc1)c(C)n2C. The van der Waals surface area contributed by atoms with Crippen LogP contribution in [-0.4, -0.2) is 41.2 Å². The standard InChI is InChI=1S/C22H26N2O3/c1-15-21(18-14-17(27-4)10-11-19(18)24(15)3)22(26)23(2)13-12-20(25)16-8-6-5-7-9-16/h5-11,14,20,25H,12-13H2,1-4H3/t20-/m1/s1. The number of amides is 1. The number of carbonyl (C=O) groups is 1. The highest BCUT2D eigenvalue weighted by molar-refractivity contribution is 6.08. The Bertz CT molecular complexity index is 947. The summed E-state index contributed by atoms with van der Waals surface area (Å²) in [4.78, 5) is 14.8. The molecule has 142 valence electrons. The van der Waals surface area contributed by atoms with Crippen molar-refractivity contribution in [1.82, 2.24) is 9.47 Å². The van der Waals surface area contributed by atoms with E-state index >= 15 is 0 Å². The van der Waals surface area contributed by atoms with Gasteiger partial charge >= 0.3 is 0 Å². The van der Waals surface area contributed by atoms with Gasteiger partial charge in [-0.25, -0.2) is 0 Å². The molecule has 1 atom stereocenters. The minimum absolute atomic E-state index is 0.0494. The number of methoxy groups -OCH3 is 1. The second-order valence-electron chi connectivity index (χ2n) is 6.84. The molecule has 0 aliphatic carbocycles. The maximum Gasteiger partial charge on any atom is 0.256 e. The Hall–Kier alpha value is -2.79. The lowest BCUT2D eigenvalue weighted by molar-refractivity contribution is 0.0762. The fourth-order valence-electron chi connectivity index (χ4n) is 3.40. The molecule has 1 heterocycles. The molecule has 0 aliphatic heterocycles. The molecular weight excluding hydrogens is 340 g/mol. The zero-order valence-electron chi connectivity index (χ0n) is 16.3. The summed E-state index contributed by atoms with van der Waals surface area (Å²) >= 11 is 0. The number of aromatic nitrogens is 1. The molecule has 0 aliphatic rings. The van der Waals surface area contributed by atoms with Gasteiger partial charge in [-0.2, -0.15) is 0 Å². The summed E-state index contributed by atoms with van der Waals surface area (Å²) in [7, 11) is 5.36. The molecule has 1 aromatic heterocycles. The molecule has 0 spiro atoms. The van der Waals surface area contributed by atoms with Gasteiger partial charge in [0.2, 0.25) is 0 Å². The van der Waals surface area contributed by atoms with Crippen LogP contribution < -0.4 is 4.74 Å². The molecule has 3 aromatic rings. The van der Waals surface area contributed by atoms with Crippen molar-refractivity contribution < 1.29 is 14.6 Å². The first-order valence-electron chi connectivity index (χ1n) is 9.05. The maximum atomic E-state index is 13.1. The van der Waals surface area contributed by atoms with Crippen molar-refractivity contribution in [3.05, 3.63) is 65.4 Å². The average molecular weight is 366 g/mol. The van der Waals surface area contributed by atoms with Crippen LogP contribution in [-0.2, 0) is 7.05 Å². The van der Waals surface area contributed by atoms with Crippen molar-refractivity contribution in [2.75, 3.05) is 20.7 Å². The minimum atomic E-state index is -0.588. The molecule has 5 heteroatoms. The zero-order valence-corrected chi connectivity index (χ0v) is 16.3. The highest BCUT2D eigenvalue weighted by Gasteiger charge is 2.22. The van der Waals surface area contributed by atoms with Gasteiger partial charge in [-0.3, -0.25) is 4.79 Å². The fraction of sp³-hybridized carbons (Fsp3) is 0.318. The van der Waals surface area contributed by atoms with E-state index < -0.39 is 6.10 Å². The Morgan fingerprint density at radius 3 is 2.59 bits per heavy atom. The minimum Gasteiger partial charge on any atom is -0.497 e. The van der Waals surface area contributed by atoms with Crippen LogP contribution >= 0.6 is 0 Å². The molecule has 0 saturated heterocycles. The van der Waals surface area contributed by atoms with Crippen molar-refractivity contribution in [1.29, 1.82) is 0 Å². The Morgan fingerprint density at radius 1 is 1.22 bits per heavy atom. The van der Waals surface area contributed by atoms with Crippen LogP contribution in [0, 0.1) is 6.92 Å². The lowest BCUT2D eigenvalue weighted by Crippen LogP contribution is -2.29. The van der Waals surface area contributed by atoms with Gasteiger partial charge in [-0.15, -0.1) is 0 Å². The molecule has 0 radical (unpaired) electrons. The number of aliphatic hydroxyl groups is 1. The lowest BCUT2D eigenvalue weighted by Gasteiger charge is -2.20. The van der Waals surface area contributed by atoms with E-state index in [-0.39, 0.29) is 5.91 Å². The van der Waals surface area contributed by atoms with Crippen LogP contribution in [0.4, 0.5) is 0 Å². The zero-order chi connectivity index (χ0) is 19.6. The molecule has 0 fully saturated rings. The number of rotatable bonds is 6. The normalized spacial score (nSPS) is 12.2. The molecular formula is C22H26N2O3. The summed E-state index contributed by atoms with van der Waals surface area (Å²) in [6, 6.07) is 15.3. The van der Waals surface area contributed by atoms with Gasteiger partial charge in [0, 0.05) is 37.2 Å². The molecule has 1 amide bonds. The first kappa shape index (κ1) is 19.0. The maximum absolute atomic E-state index is 13.1. The van der Waals surface area contributed by atoms with Gasteiger partial charge in [0.15, 0.2) is 0 Å². The molecule has 2 aromatic carbocycles. The number of hydrogen-bond acceptors (Lipinski definition) is 3. The highest BCUT2D eigenvalue weighted by Crippen LogP contribution is 2.29. The second-order valence-corrected chi connectivity index (χ2v) is 6.84. The van der Waals surface area contributed by atoms with Crippen molar-refractivity contribution in [3.63, 3.8) is 0 Å². The van der Waals surface area contributed by atoms with E-state index in [9.17, 15) is 9.90 Å². The van der Waals surface area contributed by atoms with Crippen molar-refractivity contribution in [2.24, 2.45) is 7.05 Å². The molecule has 27 heavy (non-hydrogen) atoms. The van der Waals surface area contributed by atoms with Crippen LogP contribution in [0.3, 0.4) is 0 Å². The predicted molar refractivity (Wildman–Crippen MR) is 107 cm³/mol. The Labute approximate surface area is 159 Å². The third-order valence-electron chi connectivity index (χ3n) is 5.18. The van der Waals surface area contributed by atoms with Gasteiger partial charge in [0.1, 0.15) is 5.75 Å². The number of benzene rings is 2. The molecule has 0 bridgehead atoms. The molecule has 3 rings (SSSR count). The van der Waals surface area contributed by atoms with Crippen LogP contribution in [0.1, 0.15) is 34.1 Å². The summed E-state index contributed by atoms with van der Waals surface area (Å²) in [5, 5.41) is 11.2. The quantitative estimate of drug-likeness (QED) is 0.724. The number of aliphatic hydroxyl groups excluding tert-OH is 1. The van der Waals surface area contributed by atoms with Crippen LogP contribution in [0.5, 0.6) is 5.75 Å². The summed E-state index contributed by atoms with van der Waals surface area (Å²) in [5.74, 6) is 0.677. The van der Waals surface area contributed by atoms with Crippen LogP contribution in [0.15, 0.2) is 48.5 Å². The van der Waals surface area contributed by atoms with E-state index in [0.717, 1.165) is 27.9 Å². The number of carbonyl (C=O) groups excluding carboxylic acids is 1. The number of hydrogen-bond donors (Lipinski definition) is 1. The van der Waals surface area contributed by atoms with Crippen molar-refractivity contribution in [3.8, 4) is 5.75 Å². The smallest absolute Gasteiger partial charge is 0.256 e. The first-order chi connectivity index (χ1) is 12.9. The Morgan fingerprint density at radius 2 is 1.93 bits per heavy atom. The van der Waals surface area contributed by atoms with Crippen LogP contribution in [0.2, 0.25) is 0 Å². The van der Waals surface area contributed by atoms with Crippen molar-refractivity contribution in [2.45, 2.75) is 19.4 Å². The number of nitrogens with zero attached hydrogens (tertiary/aromatic N) is 2. The molecule has 5 nitrogen and oxygen atoms in total. The molecule has 0 unspecified atom stereocenters. The van der Waals surface area contributed by atoms with Gasteiger partial charge in [-0.1, -0.05) is 30.3 Å². The van der Waals surface area contributed by atoms with E-state index in [1.165, 1.54) is 0 Å². The lowest BCUT2D eigenvalue weighted by atomic mass is 10.1. The van der Waals surface area contributed by atoms with Gasteiger partial charge in [-0.05, 0) is 37.1 Å². The predicted octanol–water partition coefficient (Wildman–Crippen LogP) is 3.69. The molecule has 0 saturated carbocycles. The van der Waals surface area contributed by atoms with Gasteiger partial charge in [0.05, 0.1) is 18.8 Å². The summed E-state index contributed by atoms with van der Waals surface area (Å²) in [5.41, 5.74) is 3.46. The first-order valence-corrected chi connectivity index (χ1v) is 9.05. The van der Waals surface area contributed by atoms with Gasteiger partial charge < -0.3 is 19.3 Å². The fourth-order valence-corrected chi connectivity index (χ4v) is 3.40. The number of fused-ring (bicyclic) bond motifs is 1. The summed E-state index contributed by atoms with van der Waals surface area (Å²) in [6.07, 6.45) is -0.102. The van der Waals surface area contributed by atoms with Crippen LogP contribution in [0.25, 0.3) is 10.9 Å². The van der Waals surface area contributed by atoms with E-state index in [4.69, 9.17) is 4.74 Å². The van der Waals surface area contributed by atoms with E-state index in [1.807, 2.05) is 67.1 Å². The average Bonchev–Trinajstić information content (AvgIpc) is 2.95. The number of aryl methyl sites for hydroxylation is 1. The topological polar surface area (TPSA) is 54.7 Å². The molecule has 1 N–H and O–H groups in total. The third-order valence-corrected chi connectivity index (χ3v) is 5.18. The Balaban J connectivity index is 1.81. The second kappa shape index (κ2) is 7.84. The van der Waals surface area contributed by atoms with Gasteiger partial charge in [0.25, 0.3) is 5.91 Å². The third kappa shape index (κ3) is 3.69. The highest BCUT2D eigenvalue weighted by atomic mass is 16.5.